The second kappa shape index (κ2) is 6.95. The van der Waals surface area contributed by atoms with Crippen LogP contribution in [-0.4, -0.2) is 32.7 Å². The molecule has 23 heavy (non-hydrogen) atoms. The van der Waals surface area contributed by atoms with E-state index in [4.69, 9.17) is 4.84 Å². The van der Waals surface area contributed by atoms with Crippen molar-refractivity contribution < 1.29 is 9.63 Å². The molecule has 2 aromatic heterocycles. The van der Waals surface area contributed by atoms with Crippen LogP contribution in [0.5, 0.6) is 0 Å². The second-order valence-corrected chi connectivity index (χ2v) is 5.33. The lowest BCUT2D eigenvalue weighted by atomic mass is 10.1. The third-order valence-electron chi connectivity index (χ3n) is 3.37. The number of pyridine rings is 1. The molecule has 0 aliphatic carbocycles. The average Bonchev–Trinajstić information content (AvgIpc) is 2.99. The van der Waals surface area contributed by atoms with Gasteiger partial charge in [0, 0.05) is 18.8 Å². The van der Waals surface area contributed by atoms with E-state index in [0.29, 0.717) is 30.9 Å². The van der Waals surface area contributed by atoms with Gasteiger partial charge < -0.3 is 10.2 Å². The summed E-state index contributed by atoms with van der Waals surface area (Å²) in [6.07, 6.45) is 4.18. The van der Waals surface area contributed by atoms with Crippen LogP contribution in [-0.2, 0) is 16.2 Å². The number of nitrogens with zero attached hydrogens (tertiary/aromatic N) is 4. The molecule has 1 atom stereocenters. The number of aromatic nitrogens is 3. The van der Waals surface area contributed by atoms with E-state index in [1.54, 1.807) is 18.5 Å². The molecule has 0 radical (unpaired) electrons. The van der Waals surface area contributed by atoms with Gasteiger partial charge in [-0.3, -0.25) is 9.78 Å². The number of nitrogens with one attached hydrogen (secondary N) is 1. The van der Waals surface area contributed by atoms with Gasteiger partial charge in [0.25, 0.3) is 0 Å². The van der Waals surface area contributed by atoms with Crippen LogP contribution in [0.1, 0.15) is 25.5 Å². The third kappa shape index (κ3) is 4.09. The smallest absolute Gasteiger partial charge is 0.224 e. The van der Waals surface area contributed by atoms with Crippen LogP contribution in [0, 0.1) is 0 Å². The zero-order valence-corrected chi connectivity index (χ0v) is 12.8. The van der Waals surface area contributed by atoms with Crippen LogP contribution in [0.4, 0.5) is 0 Å². The van der Waals surface area contributed by atoms with Crippen molar-refractivity contribution in [1.82, 2.24) is 20.3 Å². The summed E-state index contributed by atoms with van der Waals surface area (Å²) < 4.78 is 0. The minimum Gasteiger partial charge on any atom is -0.392 e. The molecular formula is C16H17N5O2. The van der Waals surface area contributed by atoms with E-state index in [1.807, 2.05) is 25.1 Å². The fourth-order valence-corrected chi connectivity index (χ4v) is 2.26. The van der Waals surface area contributed by atoms with Crippen LogP contribution >= 0.6 is 0 Å². The third-order valence-corrected chi connectivity index (χ3v) is 3.37. The Bertz CT molecular complexity index is 717. The van der Waals surface area contributed by atoms with E-state index >= 15 is 0 Å². The summed E-state index contributed by atoms with van der Waals surface area (Å²) >= 11 is 0. The number of hydrogen-bond donors (Lipinski definition) is 1. The quantitative estimate of drug-likeness (QED) is 0.908. The Labute approximate surface area is 133 Å². The molecule has 0 saturated carbocycles. The highest BCUT2D eigenvalue weighted by Crippen LogP contribution is 2.13. The first-order valence-electron chi connectivity index (χ1n) is 7.40. The van der Waals surface area contributed by atoms with Crippen molar-refractivity contribution in [2.75, 3.05) is 0 Å². The highest BCUT2D eigenvalue weighted by atomic mass is 16.6. The SMILES string of the molecule is CC1=NOC(CC(=O)NCc2ccnc(-c3ccccn3)n2)C1. The number of oxime groups is 1. The summed E-state index contributed by atoms with van der Waals surface area (Å²) in [6, 6.07) is 7.33. The molecule has 7 nitrogen and oxygen atoms in total. The highest BCUT2D eigenvalue weighted by molar-refractivity contribution is 5.84. The monoisotopic (exact) mass is 311 g/mol. The van der Waals surface area contributed by atoms with Gasteiger partial charge in [0.2, 0.25) is 5.91 Å². The number of amides is 1. The summed E-state index contributed by atoms with van der Waals surface area (Å²) in [5.41, 5.74) is 2.35. The molecule has 3 heterocycles. The van der Waals surface area contributed by atoms with Crippen molar-refractivity contribution in [2.24, 2.45) is 5.16 Å². The van der Waals surface area contributed by atoms with Crippen LogP contribution in [0.3, 0.4) is 0 Å². The first-order chi connectivity index (χ1) is 11.2. The van der Waals surface area contributed by atoms with Gasteiger partial charge in [-0.1, -0.05) is 11.2 Å². The summed E-state index contributed by atoms with van der Waals surface area (Å²) in [5, 5.41) is 6.68. The topological polar surface area (TPSA) is 89.4 Å². The van der Waals surface area contributed by atoms with Crippen LogP contribution in [0.2, 0.25) is 0 Å². The van der Waals surface area contributed by atoms with E-state index < -0.39 is 0 Å². The molecule has 118 valence electrons. The molecule has 1 aliphatic rings. The fraction of sp³-hybridized carbons (Fsp3) is 0.312. The maximum Gasteiger partial charge on any atom is 0.224 e. The van der Waals surface area contributed by atoms with Crippen LogP contribution in [0.25, 0.3) is 11.5 Å². The van der Waals surface area contributed by atoms with Gasteiger partial charge in [-0.25, -0.2) is 9.97 Å². The molecule has 0 fully saturated rings. The first kappa shape index (κ1) is 15.1. The molecule has 1 unspecified atom stereocenters. The Morgan fingerprint density at radius 3 is 2.96 bits per heavy atom. The summed E-state index contributed by atoms with van der Waals surface area (Å²) in [7, 11) is 0. The molecule has 1 N–H and O–H groups in total. The lowest BCUT2D eigenvalue weighted by molar-refractivity contribution is -0.123. The fourth-order valence-electron chi connectivity index (χ4n) is 2.26. The van der Waals surface area contributed by atoms with Gasteiger partial charge in [-0.05, 0) is 25.1 Å². The Hall–Kier alpha value is -2.83. The van der Waals surface area contributed by atoms with E-state index in [0.717, 1.165) is 11.4 Å². The van der Waals surface area contributed by atoms with Crippen molar-refractivity contribution >= 4 is 11.6 Å². The van der Waals surface area contributed by atoms with E-state index in [-0.39, 0.29) is 12.0 Å². The zero-order valence-electron chi connectivity index (χ0n) is 12.8. The van der Waals surface area contributed by atoms with Gasteiger partial charge >= 0.3 is 0 Å². The summed E-state index contributed by atoms with van der Waals surface area (Å²) in [5.74, 6) is 0.457. The van der Waals surface area contributed by atoms with Crippen molar-refractivity contribution in [3.63, 3.8) is 0 Å². The predicted molar refractivity (Wildman–Crippen MR) is 84.3 cm³/mol. The average molecular weight is 311 g/mol. The molecule has 0 spiro atoms. The van der Waals surface area contributed by atoms with E-state index in [2.05, 4.69) is 25.4 Å². The first-order valence-corrected chi connectivity index (χ1v) is 7.40. The Kier molecular flexibility index (Phi) is 4.56. The van der Waals surface area contributed by atoms with Crippen molar-refractivity contribution in [3.05, 3.63) is 42.4 Å². The Morgan fingerprint density at radius 1 is 1.30 bits per heavy atom. The largest absolute Gasteiger partial charge is 0.392 e. The molecule has 3 rings (SSSR count). The normalized spacial score (nSPS) is 16.6. The van der Waals surface area contributed by atoms with E-state index in [9.17, 15) is 4.79 Å². The van der Waals surface area contributed by atoms with Gasteiger partial charge in [-0.2, -0.15) is 0 Å². The van der Waals surface area contributed by atoms with Crippen LogP contribution in [0.15, 0.2) is 41.8 Å². The number of hydrogen-bond acceptors (Lipinski definition) is 6. The lowest BCUT2D eigenvalue weighted by Crippen LogP contribution is -2.27. The zero-order chi connectivity index (χ0) is 16.1. The Balaban J connectivity index is 1.55. The van der Waals surface area contributed by atoms with Crippen molar-refractivity contribution in [2.45, 2.75) is 32.4 Å². The molecule has 0 bridgehead atoms. The number of rotatable bonds is 5. The molecule has 0 saturated heterocycles. The lowest BCUT2D eigenvalue weighted by Gasteiger charge is -2.09. The summed E-state index contributed by atoms with van der Waals surface area (Å²) in [4.78, 5) is 29.9. The second-order valence-electron chi connectivity index (χ2n) is 5.33. The van der Waals surface area contributed by atoms with Gasteiger partial charge in [0.15, 0.2) is 5.82 Å². The highest BCUT2D eigenvalue weighted by Gasteiger charge is 2.21. The minimum atomic E-state index is -0.163. The minimum absolute atomic E-state index is 0.0853. The van der Waals surface area contributed by atoms with Crippen LogP contribution < -0.4 is 5.32 Å². The van der Waals surface area contributed by atoms with Gasteiger partial charge in [-0.15, -0.1) is 0 Å². The molecule has 0 aromatic carbocycles. The summed E-state index contributed by atoms with van der Waals surface area (Å²) in [6.45, 7) is 2.23. The molecular weight excluding hydrogens is 294 g/mol. The predicted octanol–water partition coefficient (Wildman–Crippen LogP) is 1.71. The standard InChI is InChI=1S/C16H17N5O2/c1-11-8-13(23-21-11)9-15(22)19-10-12-5-7-18-16(20-12)14-4-2-3-6-17-14/h2-7,13H,8-10H2,1H3,(H,19,22). The van der Waals surface area contributed by atoms with E-state index in [1.165, 1.54) is 0 Å². The Morgan fingerprint density at radius 2 is 2.22 bits per heavy atom. The van der Waals surface area contributed by atoms with Crippen molar-refractivity contribution in [1.29, 1.82) is 0 Å². The molecule has 7 heteroatoms. The maximum atomic E-state index is 11.9. The van der Waals surface area contributed by atoms with Crippen molar-refractivity contribution in [3.8, 4) is 11.5 Å². The molecule has 2 aromatic rings. The maximum absolute atomic E-state index is 11.9. The number of carbonyl (C=O) groups excluding carboxylic acids is 1. The van der Waals surface area contributed by atoms with Gasteiger partial charge in [0.1, 0.15) is 11.8 Å². The molecule has 1 amide bonds. The van der Waals surface area contributed by atoms with Gasteiger partial charge in [0.05, 0.1) is 24.4 Å². The molecule has 1 aliphatic heterocycles. The number of carbonyl (C=O) groups is 1.